The number of aromatic nitrogens is 1. The van der Waals surface area contributed by atoms with Crippen molar-refractivity contribution >= 4 is 5.91 Å². The Hall–Kier alpha value is -2.00. The van der Waals surface area contributed by atoms with Crippen LogP contribution in [0.5, 0.6) is 0 Å². The van der Waals surface area contributed by atoms with Crippen LogP contribution in [-0.4, -0.2) is 40.7 Å². The molecule has 8 nitrogen and oxygen atoms in total. The van der Waals surface area contributed by atoms with Gasteiger partial charge in [-0.05, 0) is 30.9 Å². The van der Waals surface area contributed by atoms with Crippen molar-refractivity contribution in [3.05, 3.63) is 41.9 Å². The lowest BCUT2D eigenvalue weighted by Gasteiger charge is -2.41. The maximum Gasteiger partial charge on any atom is 0.264 e. The molecule has 6 atom stereocenters. The lowest BCUT2D eigenvalue weighted by Crippen LogP contribution is -2.55. The molecule has 8 heteroatoms. The highest BCUT2D eigenvalue weighted by Gasteiger charge is 2.45. The van der Waals surface area contributed by atoms with E-state index in [1.807, 2.05) is 24.4 Å². The van der Waals surface area contributed by atoms with Crippen LogP contribution in [-0.2, 0) is 4.79 Å². The molecule has 1 saturated carbocycles. The van der Waals surface area contributed by atoms with E-state index in [1.54, 1.807) is 11.1 Å². The van der Waals surface area contributed by atoms with Gasteiger partial charge in [-0.2, -0.15) is 5.53 Å². The number of rotatable bonds is 2. The van der Waals surface area contributed by atoms with E-state index in [4.69, 9.17) is 0 Å². The van der Waals surface area contributed by atoms with Crippen molar-refractivity contribution in [3.8, 4) is 0 Å². The smallest absolute Gasteiger partial charge is 0.264 e. The lowest BCUT2D eigenvalue weighted by molar-refractivity contribution is -0.131. The molecule has 5 rings (SSSR count). The average Bonchev–Trinajstić information content (AvgIpc) is 3.28. The van der Waals surface area contributed by atoms with Crippen LogP contribution in [0.2, 0.25) is 0 Å². The number of fused-ring (bicyclic) bond motifs is 2. The standard InChI is InChI=1S/C18H25N7O/c1-10-6-15-16(23-24-22-15)7-11(10)14-8-17(26)25-18(21-14)12(9-20-25)13-4-2-3-5-19-13/h2-5,8,10-12,15-16,18,20-24H,6-7,9H2,1H3. The number of amides is 1. The average molecular weight is 355 g/mol. The second kappa shape index (κ2) is 6.31. The SMILES string of the molecule is CC1CC2NNNC2CC1C1=CC(=O)N2NCC(c3ccccn3)C2N1. The van der Waals surface area contributed by atoms with Crippen LogP contribution < -0.4 is 27.1 Å². The topological polar surface area (TPSA) is 93.3 Å². The van der Waals surface area contributed by atoms with Gasteiger partial charge in [-0.1, -0.05) is 13.0 Å². The summed E-state index contributed by atoms with van der Waals surface area (Å²) < 4.78 is 0. The van der Waals surface area contributed by atoms with Crippen LogP contribution in [0.15, 0.2) is 36.2 Å². The molecule has 0 radical (unpaired) electrons. The molecule has 3 fully saturated rings. The molecule has 1 aliphatic carbocycles. The van der Waals surface area contributed by atoms with Crippen LogP contribution in [0.1, 0.15) is 31.4 Å². The van der Waals surface area contributed by atoms with E-state index in [0.29, 0.717) is 30.5 Å². The summed E-state index contributed by atoms with van der Waals surface area (Å²) in [4.78, 5) is 17.2. The first-order valence-corrected chi connectivity index (χ1v) is 9.42. The summed E-state index contributed by atoms with van der Waals surface area (Å²) in [6.45, 7) is 2.99. The molecule has 0 spiro atoms. The molecule has 4 heterocycles. The van der Waals surface area contributed by atoms with Crippen LogP contribution in [0.25, 0.3) is 0 Å². The van der Waals surface area contributed by atoms with Crippen LogP contribution in [0, 0.1) is 11.8 Å². The quantitative estimate of drug-likeness (QED) is 0.498. The number of allylic oxidation sites excluding steroid dienone is 1. The summed E-state index contributed by atoms with van der Waals surface area (Å²) in [7, 11) is 0. The van der Waals surface area contributed by atoms with Crippen molar-refractivity contribution in [1.29, 1.82) is 0 Å². The first-order valence-electron chi connectivity index (χ1n) is 9.42. The van der Waals surface area contributed by atoms with Crippen molar-refractivity contribution in [3.63, 3.8) is 0 Å². The van der Waals surface area contributed by atoms with Crippen molar-refractivity contribution in [2.75, 3.05) is 6.54 Å². The number of hydrogen-bond donors (Lipinski definition) is 5. The van der Waals surface area contributed by atoms with Gasteiger partial charge in [0.25, 0.3) is 5.91 Å². The third-order valence-electron chi connectivity index (χ3n) is 6.26. The summed E-state index contributed by atoms with van der Waals surface area (Å²) in [6, 6.07) is 6.80. The van der Waals surface area contributed by atoms with Gasteiger partial charge in [0.05, 0.1) is 5.92 Å². The van der Waals surface area contributed by atoms with Gasteiger partial charge in [0.15, 0.2) is 0 Å². The summed E-state index contributed by atoms with van der Waals surface area (Å²) in [5.41, 5.74) is 15.0. The van der Waals surface area contributed by atoms with E-state index in [-0.39, 0.29) is 18.0 Å². The molecule has 2 saturated heterocycles. The Kier molecular flexibility index (Phi) is 3.93. The third kappa shape index (κ3) is 2.61. The first-order chi connectivity index (χ1) is 12.7. The molecule has 5 N–H and O–H groups in total. The molecule has 26 heavy (non-hydrogen) atoms. The summed E-state index contributed by atoms with van der Waals surface area (Å²) >= 11 is 0. The molecule has 1 aromatic heterocycles. The van der Waals surface area contributed by atoms with Gasteiger partial charge in [-0.25, -0.2) is 16.3 Å². The van der Waals surface area contributed by atoms with E-state index < -0.39 is 0 Å². The molecule has 0 bridgehead atoms. The molecule has 1 amide bonds. The van der Waals surface area contributed by atoms with Crippen molar-refractivity contribution in [1.82, 2.24) is 37.1 Å². The predicted octanol–water partition coefficient (Wildman–Crippen LogP) is -0.279. The van der Waals surface area contributed by atoms with Gasteiger partial charge < -0.3 is 5.32 Å². The van der Waals surface area contributed by atoms with E-state index in [1.165, 1.54) is 0 Å². The van der Waals surface area contributed by atoms with Crippen LogP contribution in [0.3, 0.4) is 0 Å². The highest BCUT2D eigenvalue weighted by Crippen LogP contribution is 2.38. The van der Waals surface area contributed by atoms with Crippen molar-refractivity contribution < 1.29 is 4.79 Å². The van der Waals surface area contributed by atoms with Gasteiger partial charge in [-0.15, -0.1) is 0 Å². The number of carbonyl (C=O) groups is 1. The second-order valence-electron chi connectivity index (χ2n) is 7.80. The van der Waals surface area contributed by atoms with Crippen molar-refractivity contribution in [2.45, 2.75) is 43.9 Å². The summed E-state index contributed by atoms with van der Waals surface area (Å²) in [6.07, 6.45) is 5.59. The van der Waals surface area contributed by atoms with Gasteiger partial charge in [0.2, 0.25) is 0 Å². The summed E-state index contributed by atoms with van der Waals surface area (Å²) in [5.74, 6) is 1.03. The van der Waals surface area contributed by atoms with Gasteiger partial charge in [0, 0.05) is 48.2 Å². The molecule has 4 aliphatic rings. The largest absolute Gasteiger partial charge is 0.366 e. The second-order valence-corrected chi connectivity index (χ2v) is 7.80. The predicted molar refractivity (Wildman–Crippen MR) is 95.7 cm³/mol. The Morgan fingerprint density at radius 3 is 2.81 bits per heavy atom. The maximum atomic E-state index is 12.7. The number of hydrazine groups is 3. The lowest BCUT2D eigenvalue weighted by atomic mass is 9.73. The first kappa shape index (κ1) is 16.2. The Morgan fingerprint density at radius 1 is 1.15 bits per heavy atom. The zero-order valence-electron chi connectivity index (χ0n) is 14.8. The van der Waals surface area contributed by atoms with Crippen LogP contribution >= 0.6 is 0 Å². The Morgan fingerprint density at radius 2 is 2.00 bits per heavy atom. The zero-order chi connectivity index (χ0) is 17.7. The molecule has 0 aromatic carbocycles. The van der Waals surface area contributed by atoms with E-state index in [0.717, 1.165) is 24.2 Å². The molecule has 3 aliphatic heterocycles. The van der Waals surface area contributed by atoms with Crippen LogP contribution in [0.4, 0.5) is 0 Å². The monoisotopic (exact) mass is 355 g/mol. The van der Waals surface area contributed by atoms with Gasteiger partial charge >= 0.3 is 0 Å². The normalized spacial score (nSPS) is 39.2. The zero-order valence-corrected chi connectivity index (χ0v) is 14.8. The van der Waals surface area contributed by atoms with E-state index in [2.05, 4.69) is 39.0 Å². The number of nitrogens with one attached hydrogen (secondary N) is 5. The minimum absolute atomic E-state index is 0.0344. The number of carbonyl (C=O) groups excluding carboxylic acids is 1. The Bertz CT molecular complexity index is 724. The highest BCUT2D eigenvalue weighted by molar-refractivity contribution is 5.89. The molecule has 6 unspecified atom stereocenters. The van der Waals surface area contributed by atoms with E-state index >= 15 is 0 Å². The van der Waals surface area contributed by atoms with Gasteiger partial charge in [0.1, 0.15) is 6.17 Å². The summed E-state index contributed by atoms with van der Waals surface area (Å²) in [5, 5.41) is 5.39. The van der Waals surface area contributed by atoms with Gasteiger partial charge in [-0.3, -0.25) is 14.8 Å². The maximum absolute atomic E-state index is 12.7. The Balaban J connectivity index is 1.39. The third-order valence-corrected chi connectivity index (χ3v) is 6.26. The fourth-order valence-electron chi connectivity index (χ4n) is 4.84. The molecule has 1 aromatic rings. The molecular formula is C18H25N7O. The fourth-order valence-corrected chi connectivity index (χ4v) is 4.84. The fraction of sp³-hybridized carbons (Fsp3) is 0.556. The Labute approximate surface area is 152 Å². The number of nitrogens with zero attached hydrogens (tertiary/aromatic N) is 2. The molecular weight excluding hydrogens is 330 g/mol. The highest BCUT2D eigenvalue weighted by atomic mass is 16.2. The minimum Gasteiger partial charge on any atom is -0.366 e. The number of hydrogen-bond acceptors (Lipinski definition) is 7. The minimum atomic E-state index is -0.0879. The van der Waals surface area contributed by atoms with E-state index in [9.17, 15) is 4.79 Å². The van der Waals surface area contributed by atoms with Crippen molar-refractivity contribution in [2.24, 2.45) is 11.8 Å². The number of pyridine rings is 1. The molecule has 138 valence electrons.